The summed E-state index contributed by atoms with van der Waals surface area (Å²) in [6, 6.07) is 0. The molecule has 3 atom stereocenters. The van der Waals surface area contributed by atoms with E-state index in [4.69, 9.17) is 9.47 Å². The number of carbonyl (C=O) groups is 2. The van der Waals surface area contributed by atoms with Crippen LogP contribution in [-0.4, -0.2) is 45.2 Å². The van der Waals surface area contributed by atoms with Crippen molar-refractivity contribution < 1.29 is 24.2 Å². The number of ether oxygens (including phenoxy) is 2. The van der Waals surface area contributed by atoms with E-state index in [1.807, 2.05) is 0 Å². The molecule has 0 aliphatic carbocycles. The molecule has 0 bridgehead atoms. The van der Waals surface area contributed by atoms with Crippen molar-refractivity contribution in [1.29, 1.82) is 0 Å². The molecule has 1 saturated heterocycles. The highest BCUT2D eigenvalue weighted by atomic mass is 16.6. The SMILES string of the molecule is CCC(=O)[C@]1(n2cc(C)c(=O)[nH]c2=O)C[C@H](O)[C@@H](COC(C)=O)O1. The van der Waals surface area contributed by atoms with Gasteiger partial charge in [0.2, 0.25) is 5.72 Å². The summed E-state index contributed by atoms with van der Waals surface area (Å²) in [5.41, 5.74) is -2.90. The summed E-state index contributed by atoms with van der Waals surface area (Å²) < 4.78 is 11.5. The smallest absolute Gasteiger partial charge is 0.331 e. The zero-order chi connectivity index (χ0) is 18.1. The van der Waals surface area contributed by atoms with Gasteiger partial charge in [0.1, 0.15) is 12.7 Å². The molecule has 9 nitrogen and oxygen atoms in total. The Balaban J connectivity index is 2.48. The van der Waals surface area contributed by atoms with E-state index >= 15 is 0 Å². The number of aryl methyl sites for hydroxylation is 1. The van der Waals surface area contributed by atoms with Gasteiger partial charge in [-0.3, -0.25) is 23.9 Å². The topological polar surface area (TPSA) is 128 Å². The number of Topliss-reactive ketones (excluding diaryl/α,β-unsaturated/α-hetero) is 1. The standard InChI is InChI=1S/C15H20N2O7/c1-4-12(20)15(17-6-8(2)13(21)16-14(17)22)5-10(19)11(24-15)7-23-9(3)18/h6,10-11,19H,4-5,7H2,1-3H3,(H,16,21,22)/t10-,11+,15-/m0/s1. The number of H-pyrrole nitrogens is 1. The highest BCUT2D eigenvalue weighted by Crippen LogP contribution is 2.36. The molecule has 1 aliphatic rings. The van der Waals surface area contributed by atoms with Gasteiger partial charge in [0.05, 0.1) is 6.10 Å². The Bertz CT molecular complexity index is 766. The van der Waals surface area contributed by atoms with E-state index in [0.29, 0.717) is 0 Å². The van der Waals surface area contributed by atoms with Crippen molar-refractivity contribution in [2.45, 2.75) is 51.5 Å². The van der Waals surface area contributed by atoms with E-state index < -0.39 is 40.9 Å². The Morgan fingerprint density at radius 1 is 1.50 bits per heavy atom. The number of carbonyl (C=O) groups excluding carboxylic acids is 2. The van der Waals surface area contributed by atoms with E-state index in [2.05, 4.69) is 4.98 Å². The van der Waals surface area contributed by atoms with Crippen molar-refractivity contribution in [2.75, 3.05) is 6.61 Å². The molecule has 1 aliphatic heterocycles. The Morgan fingerprint density at radius 3 is 2.75 bits per heavy atom. The summed E-state index contributed by atoms with van der Waals surface area (Å²) >= 11 is 0. The molecule has 0 saturated carbocycles. The maximum absolute atomic E-state index is 12.5. The molecule has 2 rings (SSSR count). The first-order valence-corrected chi connectivity index (χ1v) is 7.57. The molecule has 24 heavy (non-hydrogen) atoms. The summed E-state index contributed by atoms with van der Waals surface area (Å²) in [5.74, 6) is -0.984. The normalized spacial score (nSPS) is 26.3. The fourth-order valence-electron chi connectivity index (χ4n) is 2.72. The Morgan fingerprint density at radius 2 is 2.17 bits per heavy atom. The molecular weight excluding hydrogens is 320 g/mol. The van der Waals surface area contributed by atoms with Gasteiger partial charge < -0.3 is 14.6 Å². The lowest BCUT2D eigenvalue weighted by atomic mass is 10.00. The molecule has 0 aromatic carbocycles. The molecule has 132 valence electrons. The maximum Gasteiger partial charge on any atom is 0.331 e. The van der Waals surface area contributed by atoms with Gasteiger partial charge in [-0.25, -0.2) is 4.79 Å². The van der Waals surface area contributed by atoms with Crippen LogP contribution in [0.5, 0.6) is 0 Å². The molecule has 1 aromatic heterocycles. The molecule has 1 fully saturated rings. The van der Waals surface area contributed by atoms with E-state index in [1.165, 1.54) is 20.0 Å². The van der Waals surface area contributed by atoms with E-state index in [9.17, 15) is 24.3 Å². The molecule has 0 amide bonds. The average Bonchev–Trinajstić information content (AvgIpc) is 2.85. The van der Waals surface area contributed by atoms with Gasteiger partial charge in [-0.1, -0.05) is 6.92 Å². The Labute approximate surface area is 137 Å². The predicted molar refractivity (Wildman–Crippen MR) is 81.5 cm³/mol. The van der Waals surface area contributed by atoms with Crippen LogP contribution in [0.3, 0.4) is 0 Å². The molecular formula is C15H20N2O7. The van der Waals surface area contributed by atoms with Crippen LogP contribution in [0.15, 0.2) is 15.8 Å². The first-order chi connectivity index (χ1) is 11.2. The van der Waals surface area contributed by atoms with Gasteiger partial charge in [-0.2, -0.15) is 0 Å². The van der Waals surface area contributed by atoms with Gasteiger partial charge in [0.25, 0.3) is 5.56 Å². The summed E-state index contributed by atoms with van der Waals surface area (Å²) in [7, 11) is 0. The fourth-order valence-corrected chi connectivity index (χ4v) is 2.72. The van der Waals surface area contributed by atoms with Crippen LogP contribution in [0.2, 0.25) is 0 Å². The van der Waals surface area contributed by atoms with Crippen LogP contribution in [0, 0.1) is 6.92 Å². The number of hydrogen-bond acceptors (Lipinski definition) is 7. The van der Waals surface area contributed by atoms with E-state index in [-0.39, 0.29) is 25.0 Å². The molecule has 0 spiro atoms. The highest BCUT2D eigenvalue weighted by molar-refractivity contribution is 5.85. The molecule has 0 unspecified atom stereocenters. The second-order valence-corrected chi connectivity index (χ2v) is 5.73. The number of aromatic amines is 1. The number of rotatable bonds is 5. The number of aliphatic hydroxyl groups is 1. The highest BCUT2D eigenvalue weighted by Gasteiger charge is 2.52. The monoisotopic (exact) mass is 340 g/mol. The summed E-state index contributed by atoms with van der Waals surface area (Å²) in [4.78, 5) is 49.3. The van der Waals surface area contributed by atoms with Gasteiger partial charge in [-0.05, 0) is 6.92 Å². The van der Waals surface area contributed by atoms with Crippen molar-refractivity contribution in [1.82, 2.24) is 9.55 Å². The van der Waals surface area contributed by atoms with Crippen LogP contribution in [-0.2, 0) is 24.8 Å². The summed E-state index contributed by atoms with van der Waals surface area (Å²) in [6.07, 6.45) is -0.966. The first kappa shape index (κ1) is 18.1. The van der Waals surface area contributed by atoms with E-state index in [0.717, 1.165) is 4.57 Å². The second kappa shape index (κ2) is 6.70. The van der Waals surface area contributed by atoms with Crippen LogP contribution in [0.25, 0.3) is 0 Å². The Hall–Kier alpha value is -2.26. The first-order valence-electron chi connectivity index (χ1n) is 7.57. The van der Waals surface area contributed by atoms with Crippen LogP contribution in [0.1, 0.15) is 32.3 Å². The van der Waals surface area contributed by atoms with Gasteiger partial charge in [0, 0.05) is 31.5 Å². The maximum atomic E-state index is 12.5. The molecule has 2 heterocycles. The lowest BCUT2D eigenvalue weighted by molar-refractivity contribution is -0.167. The third kappa shape index (κ3) is 3.17. The number of esters is 1. The average molecular weight is 340 g/mol. The van der Waals surface area contributed by atoms with Crippen molar-refractivity contribution in [3.05, 3.63) is 32.6 Å². The lowest BCUT2D eigenvalue weighted by Crippen LogP contribution is -2.50. The van der Waals surface area contributed by atoms with Crippen molar-refractivity contribution in [3.63, 3.8) is 0 Å². The van der Waals surface area contributed by atoms with Crippen LogP contribution in [0.4, 0.5) is 0 Å². The number of ketones is 1. The predicted octanol–water partition coefficient (Wildman–Crippen LogP) is -0.810. The number of nitrogens with one attached hydrogen (secondary N) is 1. The zero-order valence-electron chi connectivity index (χ0n) is 13.7. The molecule has 1 aromatic rings. The minimum atomic E-state index is -1.75. The summed E-state index contributed by atoms with van der Waals surface area (Å²) in [6.45, 7) is 4.05. The Kier molecular flexibility index (Phi) is 5.05. The van der Waals surface area contributed by atoms with Crippen molar-refractivity contribution in [3.8, 4) is 0 Å². The number of aliphatic hydroxyl groups excluding tert-OH is 1. The van der Waals surface area contributed by atoms with Gasteiger partial charge in [-0.15, -0.1) is 0 Å². The number of hydrogen-bond donors (Lipinski definition) is 2. The summed E-state index contributed by atoms with van der Waals surface area (Å²) in [5, 5.41) is 10.2. The van der Waals surface area contributed by atoms with Crippen LogP contribution >= 0.6 is 0 Å². The van der Waals surface area contributed by atoms with Crippen LogP contribution < -0.4 is 11.2 Å². The van der Waals surface area contributed by atoms with E-state index in [1.54, 1.807) is 6.92 Å². The second-order valence-electron chi connectivity index (χ2n) is 5.73. The molecule has 2 N–H and O–H groups in total. The fraction of sp³-hybridized carbons (Fsp3) is 0.600. The van der Waals surface area contributed by atoms with Gasteiger partial charge in [0.15, 0.2) is 5.78 Å². The minimum absolute atomic E-state index is 0.0532. The third-order valence-electron chi connectivity index (χ3n) is 3.98. The number of aromatic nitrogens is 2. The molecule has 0 radical (unpaired) electrons. The van der Waals surface area contributed by atoms with Crippen molar-refractivity contribution in [2.24, 2.45) is 0 Å². The van der Waals surface area contributed by atoms with Crippen molar-refractivity contribution >= 4 is 11.8 Å². The third-order valence-corrected chi connectivity index (χ3v) is 3.98. The minimum Gasteiger partial charge on any atom is -0.463 e. The quantitative estimate of drug-likeness (QED) is 0.671. The zero-order valence-corrected chi connectivity index (χ0v) is 13.7. The largest absolute Gasteiger partial charge is 0.463 e. The number of nitrogens with zero attached hydrogens (tertiary/aromatic N) is 1. The molecule has 9 heteroatoms. The van der Waals surface area contributed by atoms with Gasteiger partial charge >= 0.3 is 11.7 Å². The lowest BCUT2D eigenvalue weighted by Gasteiger charge is -2.29.